The molecule has 1 aliphatic carbocycles. The Morgan fingerprint density at radius 2 is 1.93 bits per heavy atom. The van der Waals surface area contributed by atoms with Crippen molar-refractivity contribution in [3.8, 4) is 0 Å². The van der Waals surface area contributed by atoms with Crippen molar-refractivity contribution in [2.24, 2.45) is 0 Å². The normalized spacial score (nSPS) is 17.7. The highest BCUT2D eigenvalue weighted by atomic mass is 16.3. The molecule has 0 aromatic heterocycles. The monoisotopic (exact) mass is 207 g/mol. The van der Waals surface area contributed by atoms with Gasteiger partial charge in [0.25, 0.3) is 0 Å². The van der Waals surface area contributed by atoms with E-state index < -0.39 is 0 Å². The number of benzene rings is 1. The van der Waals surface area contributed by atoms with Crippen molar-refractivity contribution < 1.29 is 10.8 Å². The topological polar surface area (TPSA) is 59.9 Å². The molecule has 0 spiro atoms. The minimum Gasteiger partial charge on any atom is -0.386 e. The van der Waals surface area contributed by atoms with Gasteiger partial charge in [-0.05, 0) is 24.0 Å². The van der Waals surface area contributed by atoms with Crippen LogP contribution in [0.5, 0.6) is 0 Å². The zero-order valence-corrected chi connectivity index (χ0v) is 8.95. The molecule has 0 saturated heterocycles. The number of fused-ring (bicyclic) bond motifs is 1. The van der Waals surface area contributed by atoms with E-state index in [1.54, 1.807) is 0 Å². The molecule has 1 atom stereocenters. The Balaban J connectivity index is 1.85. The van der Waals surface area contributed by atoms with E-state index >= 15 is 0 Å². The molecular formula is C12H19N2O+. The van der Waals surface area contributed by atoms with Crippen molar-refractivity contribution in [2.75, 3.05) is 13.1 Å². The Labute approximate surface area is 90.3 Å². The van der Waals surface area contributed by atoms with Gasteiger partial charge in [-0.1, -0.05) is 24.3 Å². The van der Waals surface area contributed by atoms with Crippen LogP contribution in [0.25, 0.3) is 0 Å². The average molecular weight is 207 g/mol. The molecule has 1 aromatic rings. The van der Waals surface area contributed by atoms with Crippen LogP contribution in [0, 0.1) is 0 Å². The molecule has 2 rings (SSSR count). The van der Waals surface area contributed by atoms with Gasteiger partial charge in [0.05, 0.1) is 0 Å². The van der Waals surface area contributed by atoms with Gasteiger partial charge in [0, 0.05) is 12.6 Å². The molecule has 1 aromatic carbocycles. The lowest BCUT2D eigenvalue weighted by molar-refractivity contribution is -0.383. The van der Waals surface area contributed by atoms with Crippen molar-refractivity contribution in [1.82, 2.24) is 5.32 Å². The average Bonchev–Trinajstić information content (AvgIpc) is 2.68. The standard InChI is InChI=1S/C12H18N2O/c13-7-12(15)8-14-11-5-9-3-1-2-4-10(9)6-11/h1-4,11-12,14-15H,5-8,13H2/p+1. The Morgan fingerprint density at radius 3 is 2.47 bits per heavy atom. The van der Waals surface area contributed by atoms with Gasteiger partial charge >= 0.3 is 0 Å². The fraction of sp³-hybridized carbons (Fsp3) is 0.500. The first kappa shape index (κ1) is 10.6. The van der Waals surface area contributed by atoms with Crippen LogP contribution in [-0.4, -0.2) is 30.3 Å². The third-order valence-corrected chi connectivity index (χ3v) is 3.03. The SMILES string of the molecule is [NH3+]CC(O)CNC1Cc2ccccc2C1. The minimum absolute atomic E-state index is 0.311. The third kappa shape index (κ3) is 2.56. The van der Waals surface area contributed by atoms with Crippen LogP contribution in [0.15, 0.2) is 24.3 Å². The number of aliphatic hydroxyl groups is 1. The molecule has 0 aliphatic heterocycles. The molecule has 1 aliphatic rings. The Bertz CT molecular complexity index is 302. The van der Waals surface area contributed by atoms with Crippen LogP contribution in [0.4, 0.5) is 0 Å². The van der Waals surface area contributed by atoms with Gasteiger partial charge in [0.1, 0.15) is 12.6 Å². The predicted molar refractivity (Wildman–Crippen MR) is 59.4 cm³/mol. The van der Waals surface area contributed by atoms with E-state index in [-0.39, 0.29) is 6.10 Å². The summed E-state index contributed by atoms with van der Waals surface area (Å²) < 4.78 is 0. The Morgan fingerprint density at radius 1 is 1.33 bits per heavy atom. The molecule has 0 radical (unpaired) electrons. The van der Waals surface area contributed by atoms with E-state index in [1.165, 1.54) is 11.1 Å². The highest BCUT2D eigenvalue weighted by Crippen LogP contribution is 2.21. The summed E-state index contributed by atoms with van der Waals surface area (Å²) in [6.07, 6.45) is 1.86. The minimum atomic E-state index is -0.311. The first-order chi connectivity index (χ1) is 7.29. The van der Waals surface area contributed by atoms with Crippen LogP contribution in [0.2, 0.25) is 0 Å². The van der Waals surface area contributed by atoms with Crippen molar-refractivity contribution in [3.05, 3.63) is 35.4 Å². The number of rotatable bonds is 4. The second-order valence-corrected chi connectivity index (χ2v) is 4.22. The predicted octanol–water partition coefficient (Wildman–Crippen LogP) is -0.654. The number of hydrogen-bond donors (Lipinski definition) is 3. The van der Waals surface area contributed by atoms with Crippen LogP contribution in [0.3, 0.4) is 0 Å². The van der Waals surface area contributed by atoms with Crippen LogP contribution in [-0.2, 0) is 12.8 Å². The number of aliphatic hydroxyl groups excluding tert-OH is 1. The summed E-state index contributed by atoms with van der Waals surface area (Å²) in [5.74, 6) is 0. The molecule has 0 heterocycles. The van der Waals surface area contributed by atoms with Gasteiger partial charge in [-0.15, -0.1) is 0 Å². The van der Waals surface area contributed by atoms with Crippen molar-refractivity contribution in [2.45, 2.75) is 25.0 Å². The van der Waals surface area contributed by atoms with Gasteiger partial charge in [0.2, 0.25) is 0 Å². The van der Waals surface area contributed by atoms with Gasteiger partial charge in [0.15, 0.2) is 0 Å². The van der Waals surface area contributed by atoms with E-state index in [1.807, 2.05) is 0 Å². The molecule has 0 bridgehead atoms. The lowest BCUT2D eigenvalue weighted by Crippen LogP contribution is -2.58. The second kappa shape index (κ2) is 4.75. The first-order valence-electron chi connectivity index (χ1n) is 5.57. The van der Waals surface area contributed by atoms with Gasteiger partial charge in [-0.25, -0.2) is 0 Å². The second-order valence-electron chi connectivity index (χ2n) is 4.22. The number of nitrogens with one attached hydrogen (secondary N) is 1. The van der Waals surface area contributed by atoms with Gasteiger partial charge < -0.3 is 16.2 Å². The lowest BCUT2D eigenvalue weighted by atomic mass is 10.1. The van der Waals surface area contributed by atoms with Crippen molar-refractivity contribution >= 4 is 0 Å². The molecule has 3 heteroatoms. The lowest BCUT2D eigenvalue weighted by Gasteiger charge is -2.13. The highest BCUT2D eigenvalue weighted by Gasteiger charge is 2.20. The quantitative estimate of drug-likeness (QED) is 0.614. The van der Waals surface area contributed by atoms with Gasteiger partial charge in [-0.3, -0.25) is 0 Å². The molecule has 0 saturated carbocycles. The molecule has 0 amide bonds. The van der Waals surface area contributed by atoms with E-state index in [0.717, 1.165) is 12.8 Å². The largest absolute Gasteiger partial charge is 0.386 e. The van der Waals surface area contributed by atoms with Crippen LogP contribution < -0.4 is 11.1 Å². The zero-order valence-electron chi connectivity index (χ0n) is 8.95. The molecule has 1 unspecified atom stereocenters. The fourth-order valence-corrected chi connectivity index (χ4v) is 2.11. The van der Waals surface area contributed by atoms with E-state index in [9.17, 15) is 5.11 Å². The van der Waals surface area contributed by atoms with Gasteiger partial charge in [-0.2, -0.15) is 0 Å². The molecule has 3 nitrogen and oxygen atoms in total. The first-order valence-corrected chi connectivity index (χ1v) is 5.57. The maximum Gasteiger partial charge on any atom is 0.115 e. The molecule has 82 valence electrons. The number of quaternary nitrogens is 1. The maximum atomic E-state index is 9.41. The highest BCUT2D eigenvalue weighted by molar-refractivity contribution is 5.33. The fourth-order valence-electron chi connectivity index (χ4n) is 2.11. The van der Waals surface area contributed by atoms with E-state index in [2.05, 4.69) is 35.3 Å². The summed E-state index contributed by atoms with van der Waals surface area (Å²) in [6, 6.07) is 9.05. The van der Waals surface area contributed by atoms with E-state index in [4.69, 9.17) is 0 Å². The summed E-state index contributed by atoms with van der Waals surface area (Å²) in [5, 5.41) is 12.8. The van der Waals surface area contributed by atoms with Crippen molar-refractivity contribution in [1.29, 1.82) is 0 Å². The zero-order chi connectivity index (χ0) is 10.7. The molecule has 0 fully saturated rings. The summed E-state index contributed by atoms with van der Waals surface area (Å²) >= 11 is 0. The van der Waals surface area contributed by atoms with Crippen LogP contribution in [0.1, 0.15) is 11.1 Å². The summed E-state index contributed by atoms with van der Waals surface area (Å²) in [5.41, 5.74) is 6.57. The summed E-state index contributed by atoms with van der Waals surface area (Å²) in [4.78, 5) is 0. The molecule has 5 N–H and O–H groups in total. The molecule has 15 heavy (non-hydrogen) atoms. The summed E-state index contributed by atoms with van der Waals surface area (Å²) in [6.45, 7) is 1.23. The summed E-state index contributed by atoms with van der Waals surface area (Å²) in [7, 11) is 0. The Kier molecular flexibility index (Phi) is 3.36. The maximum absolute atomic E-state index is 9.41. The smallest absolute Gasteiger partial charge is 0.115 e. The third-order valence-electron chi connectivity index (χ3n) is 3.03. The van der Waals surface area contributed by atoms with Crippen LogP contribution >= 0.6 is 0 Å². The number of hydrogen-bond acceptors (Lipinski definition) is 2. The van der Waals surface area contributed by atoms with E-state index in [0.29, 0.717) is 19.1 Å². The molecular weight excluding hydrogens is 188 g/mol. The van der Waals surface area contributed by atoms with Crippen molar-refractivity contribution in [3.63, 3.8) is 0 Å². The Hall–Kier alpha value is -0.900.